The first-order valence-corrected chi connectivity index (χ1v) is 20.0. The molecule has 54 heavy (non-hydrogen) atoms. The Morgan fingerprint density at radius 1 is 0.463 bits per heavy atom. The van der Waals surface area contributed by atoms with Crippen LogP contribution in [0.25, 0.3) is 0 Å². The number of hydrogen-bond acceptors (Lipinski definition) is 10. The molecule has 0 bridgehead atoms. The highest BCUT2D eigenvalue weighted by Gasteiger charge is 2.20. The molecule has 1 unspecified atom stereocenters. The maximum absolute atomic E-state index is 12.3. The minimum Gasteiger partial charge on any atom is -0.481 e. The van der Waals surface area contributed by atoms with Gasteiger partial charge in [-0.15, -0.1) is 0 Å². The van der Waals surface area contributed by atoms with Crippen molar-refractivity contribution in [2.75, 3.05) is 72.5 Å². The van der Waals surface area contributed by atoms with Crippen molar-refractivity contribution in [3.8, 4) is 0 Å². The average molecular weight is 775 g/mol. The lowest BCUT2D eigenvalue weighted by Crippen LogP contribution is -2.41. The Hall–Kier alpha value is -3.34. The van der Waals surface area contributed by atoms with Gasteiger partial charge in [0.2, 0.25) is 23.6 Å². The summed E-state index contributed by atoms with van der Waals surface area (Å²) in [7, 11) is 0. The molecule has 0 aliphatic rings. The summed E-state index contributed by atoms with van der Waals surface area (Å²) in [5.41, 5.74) is 0. The smallest absolute Gasteiger partial charge is 0.326 e. The molecule has 0 heterocycles. The number of carboxylic acids is 2. The van der Waals surface area contributed by atoms with Crippen molar-refractivity contribution < 1.29 is 57.9 Å². The highest BCUT2D eigenvalue weighted by molar-refractivity contribution is 5.84. The molecule has 0 saturated carbocycles. The predicted molar refractivity (Wildman–Crippen MR) is 203 cm³/mol. The Morgan fingerprint density at radius 3 is 1.39 bits per heavy atom. The quantitative estimate of drug-likeness (QED) is 0.0492. The zero-order chi connectivity index (χ0) is 39.9. The molecule has 4 amide bonds. The Bertz CT molecular complexity index is 1000. The number of carbonyl (C=O) groups is 6. The van der Waals surface area contributed by atoms with Gasteiger partial charge in [-0.2, -0.15) is 0 Å². The predicted octanol–water partition coefficient (Wildman–Crippen LogP) is 3.49. The highest BCUT2D eigenvalue weighted by Crippen LogP contribution is 2.13. The molecular formula is C38H70N4O12. The fraction of sp³-hybridized carbons (Fsp3) is 0.842. The average Bonchev–Trinajstić information content (AvgIpc) is 3.13. The number of nitrogens with one attached hydrogen (secondary N) is 4. The standard InChI is InChI=1S/C38H70N4O12/c1-2-3-16-21-39-35(45)30-53-28-27-52-25-23-41-36(46)31-54-29-26-51-24-22-40-33(43)20-19-32(38(49)50)42-34(44)17-14-12-10-8-6-4-5-7-9-11-13-15-18-37(47)48/h32H,2-31H2,1H3,(H,39,45)(H,40,43)(H,41,46)(H,42,44)(H,47,48)(H,49,50). The molecule has 16 nitrogen and oxygen atoms in total. The maximum atomic E-state index is 12.3. The van der Waals surface area contributed by atoms with Gasteiger partial charge in [-0.25, -0.2) is 4.79 Å². The molecule has 0 aromatic heterocycles. The third-order valence-electron chi connectivity index (χ3n) is 8.29. The van der Waals surface area contributed by atoms with Crippen molar-refractivity contribution in [2.45, 2.75) is 135 Å². The lowest BCUT2D eigenvalue weighted by molar-refractivity contribution is -0.142. The molecule has 0 aliphatic carbocycles. The molecule has 314 valence electrons. The van der Waals surface area contributed by atoms with Crippen LogP contribution in [0.4, 0.5) is 0 Å². The van der Waals surface area contributed by atoms with E-state index in [2.05, 4.69) is 28.2 Å². The number of carbonyl (C=O) groups excluding carboxylic acids is 4. The number of rotatable bonds is 40. The SMILES string of the molecule is CCCCCNC(=O)COCCOCCNC(=O)COCCOCCNC(=O)CCC(NC(=O)CCCCCCCCCCCCCCC(=O)O)C(=O)O. The van der Waals surface area contributed by atoms with Crippen LogP contribution in [0.5, 0.6) is 0 Å². The van der Waals surface area contributed by atoms with Crippen LogP contribution in [0, 0.1) is 0 Å². The summed E-state index contributed by atoms with van der Waals surface area (Å²) in [5, 5.41) is 28.7. The van der Waals surface area contributed by atoms with Crippen molar-refractivity contribution in [3.05, 3.63) is 0 Å². The summed E-state index contributed by atoms with van der Waals surface area (Å²) in [6.45, 7) is 4.62. The molecular weight excluding hydrogens is 704 g/mol. The summed E-state index contributed by atoms with van der Waals surface area (Å²) >= 11 is 0. The Morgan fingerprint density at radius 2 is 0.907 bits per heavy atom. The summed E-state index contributed by atoms with van der Waals surface area (Å²) in [6, 6.07) is -1.14. The van der Waals surface area contributed by atoms with Crippen LogP contribution in [-0.4, -0.2) is 124 Å². The van der Waals surface area contributed by atoms with Gasteiger partial charge >= 0.3 is 11.9 Å². The lowest BCUT2D eigenvalue weighted by Gasteiger charge is -2.14. The molecule has 0 aromatic rings. The van der Waals surface area contributed by atoms with Crippen molar-refractivity contribution in [2.24, 2.45) is 0 Å². The van der Waals surface area contributed by atoms with Crippen LogP contribution in [0.1, 0.15) is 129 Å². The van der Waals surface area contributed by atoms with Crippen LogP contribution in [0.15, 0.2) is 0 Å². The lowest BCUT2D eigenvalue weighted by atomic mass is 10.0. The van der Waals surface area contributed by atoms with Gasteiger partial charge < -0.3 is 50.4 Å². The molecule has 0 rings (SSSR count). The second-order valence-electron chi connectivity index (χ2n) is 13.2. The fourth-order valence-electron chi connectivity index (χ4n) is 5.22. The number of amides is 4. The van der Waals surface area contributed by atoms with E-state index in [-0.39, 0.29) is 95.5 Å². The van der Waals surface area contributed by atoms with Crippen LogP contribution in [-0.2, 0) is 47.7 Å². The van der Waals surface area contributed by atoms with Crippen LogP contribution < -0.4 is 21.3 Å². The van der Waals surface area contributed by atoms with Crippen molar-refractivity contribution in [1.29, 1.82) is 0 Å². The zero-order valence-electron chi connectivity index (χ0n) is 32.8. The summed E-state index contributed by atoms with van der Waals surface area (Å²) in [6.07, 6.45) is 15.9. The number of ether oxygens (including phenoxy) is 4. The van der Waals surface area contributed by atoms with Gasteiger partial charge in [0.15, 0.2) is 0 Å². The van der Waals surface area contributed by atoms with Gasteiger partial charge in [-0.1, -0.05) is 84.0 Å². The van der Waals surface area contributed by atoms with E-state index in [1.807, 2.05) is 0 Å². The van der Waals surface area contributed by atoms with E-state index in [9.17, 15) is 33.9 Å². The van der Waals surface area contributed by atoms with Crippen molar-refractivity contribution in [3.63, 3.8) is 0 Å². The number of unbranched alkanes of at least 4 members (excludes halogenated alkanes) is 13. The zero-order valence-corrected chi connectivity index (χ0v) is 32.8. The molecule has 16 heteroatoms. The van der Waals surface area contributed by atoms with Crippen molar-refractivity contribution >= 4 is 35.6 Å². The van der Waals surface area contributed by atoms with E-state index in [0.717, 1.165) is 70.6 Å². The Balaban J connectivity index is 3.66. The van der Waals surface area contributed by atoms with Gasteiger partial charge in [0.05, 0.1) is 39.6 Å². The first kappa shape index (κ1) is 50.7. The number of carboxylic acid groups (broad SMARTS) is 2. The van der Waals surface area contributed by atoms with Crippen LogP contribution in [0.2, 0.25) is 0 Å². The van der Waals surface area contributed by atoms with Gasteiger partial charge in [0.25, 0.3) is 0 Å². The van der Waals surface area contributed by atoms with Crippen molar-refractivity contribution in [1.82, 2.24) is 21.3 Å². The van der Waals surface area contributed by atoms with E-state index in [1.165, 1.54) is 19.3 Å². The minimum absolute atomic E-state index is 0.00782. The molecule has 0 radical (unpaired) electrons. The Kier molecular flexibility index (Phi) is 35.6. The molecule has 0 saturated heterocycles. The monoisotopic (exact) mass is 774 g/mol. The molecule has 0 aliphatic heterocycles. The first-order chi connectivity index (χ1) is 26.1. The van der Waals surface area contributed by atoms with Crippen LogP contribution in [0.3, 0.4) is 0 Å². The van der Waals surface area contributed by atoms with E-state index in [4.69, 9.17) is 24.1 Å². The molecule has 0 aromatic carbocycles. The summed E-state index contributed by atoms with van der Waals surface area (Å²) < 4.78 is 21.3. The molecule has 0 spiro atoms. The summed E-state index contributed by atoms with van der Waals surface area (Å²) in [5.74, 6) is -3.03. The number of aliphatic carboxylic acids is 2. The van der Waals surface area contributed by atoms with Gasteiger partial charge in [0.1, 0.15) is 19.3 Å². The Labute approximate surface area is 321 Å². The normalized spacial score (nSPS) is 11.5. The highest BCUT2D eigenvalue weighted by atomic mass is 16.5. The maximum Gasteiger partial charge on any atom is 0.326 e. The van der Waals surface area contributed by atoms with E-state index in [1.54, 1.807) is 0 Å². The van der Waals surface area contributed by atoms with Gasteiger partial charge in [-0.3, -0.25) is 24.0 Å². The van der Waals surface area contributed by atoms with Gasteiger partial charge in [0, 0.05) is 38.9 Å². The van der Waals surface area contributed by atoms with E-state index < -0.39 is 18.0 Å². The molecule has 6 N–H and O–H groups in total. The largest absolute Gasteiger partial charge is 0.481 e. The summed E-state index contributed by atoms with van der Waals surface area (Å²) in [4.78, 5) is 69.9. The fourth-order valence-corrected chi connectivity index (χ4v) is 5.22. The van der Waals surface area contributed by atoms with Gasteiger partial charge in [-0.05, 0) is 25.7 Å². The third-order valence-corrected chi connectivity index (χ3v) is 8.29. The van der Waals surface area contributed by atoms with E-state index in [0.29, 0.717) is 32.7 Å². The minimum atomic E-state index is -1.18. The topological polar surface area (TPSA) is 228 Å². The first-order valence-electron chi connectivity index (χ1n) is 20.0. The number of hydrogen-bond donors (Lipinski definition) is 6. The molecule has 0 fully saturated rings. The second-order valence-corrected chi connectivity index (χ2v) is 13.2. The van der Waals surface area contributed by atoms with Crippen LogP contribution >= 0.6 is 0 Å². The third kappa shape index (κ3) is 37.0. The second kappa shape index (κ2) is 38.0. The van der Waals surface area contributed by atoms with E-state index >= 15 is 0 Å². The molecule has 1 atom stereocenters.